The van der Waals surface area contributed by atoms with Crippen LogP contribution in [0.3, 0.4) is 0 Å². The summed E-state index contributed by atoms with van der Waals surface area (Å²) in [6.45, 7) is 7.43. The first-order valence-corrected chi connectivity index (χ1v) is 6.26. The lowest BCUT2D eigenvalue weighted by Crippen LogP contribution is -2.37. The lowest BCUT2D eigenvalue weighted by atomic mass is 10.1. The summed E-state index contributed by atoms with van der Waals surface area (Å²) >= 11 is 0. The highest BCUT2D eigenvalue weighted by molar-refractivity contribution is 5.23. The van der Waals surface area contributed by atoms with Gasteiger partial charge in [-0.25, -0.2) is 9.67 Å². The van der Waals surface area contributed by atoms with Crippen LogP contribution >= 0.6 is 0 Å². The van der Waals surface area contributed by atoms with Gasteiger partial charge in [-0.05, 0) is 39.0 Å². The highest BCUT2D eigenvalue weighted by Gasteiger charge is 2.08. The highest BCUT2D eigenvalue weighted by atomic mass is 15.3. The summed E-state index contributed by atoms with van der Waals surface area (Å²) in [6, 6.07) is 7.94. The summed E-state index contributed by atoms with van der Waals surface area (Å²) in [5.41, 5.74) is 1.24. The first-order valence-electron chi connectivity index (χ1n) is 6.26. The van der Waals surface area contributed by atoms with E-state index in [1.165, 1.54) is 0 Å². The Hall–Kier alpha value is -1.68. The second kappa shape index (κ2) is 5.31. The fourth-order valence-electron chi connectivity index (χ4n) is 1.70. The first kappa shape index (κ1) is 12.8. The number of hydrogen-bond donors (Lipinski definition) is 1. The molecule has 2 rings (SSSR count). The van der Waals surface area contributed by atoms with Crippen molar-refractivity contribution in [1.82, 2.24) is 20.1 Å². The Bertz CT molecular complexity index is 483. The molecule has 0 saturated heterocycles. The average Bonchev–Trinajstić information content (AvgIpc) is 2.81. The van der Waals surface area contributed by atoms with Crippen molar-refractivity contribution in [3.05, 3.63) is 42.4 Å². The largest absolute Gasteiger partial charge is 0.312 e. The zero-order chi connectivity index (χ0) is 13.0. The molecule has 18 heavy (non-hydrogen) atoms. The molecular weight excluding hydrogens is 224 g/mol. The molecule has 1 N–H and O–H groups in total. The summed E-state index contributed by atoms with van der Waals surface area (Å²) in [7, 11) is 0. The second-order valence-electron chi connectivity index (χ2n) is 5.36. The summed E-state index contributed by atoms with van der Waals surface area (Å²) in [5, 5.41) is 7.65. The monoisotopic (exact) mass is 244 g/mol. The molecule has 2 heterocycles. The normalized spacial score (nSPS) is 11.7. The third-order valence-corrected chi connectivity index (χ3v) is 2.57. The van der Waals surface area contributed by atoms with Crippen LogP contribution in [0.25, 0.3) is 5.82 Å². The topological polar surface area (TPSA) is 42.7 Å². The van der Waals surface area contributed by atoms with Crippen LogP contribution in [-0.4, -0.2) is 26.8 Å². The van der Waals surface area contributed by atoms with Gasteiger partial charge in [0, 0.05) is 36.6 Å². The maximum Gasteiger partial charge on any atom is 0.153 e. The third-order valence-electron chi connectivity index (χ3n) is 2.57. The maximum absolute atomic E-state index is 4.60. The summed E-state index contributed by atoms with van der Waals surface area (Å²) in [6.07, 6.45) is 4.58. The number of hydrogen-bond acceptors (Lipinski definition) is 3. The van der Waals surface area contributed by atoms with Crippen molar-refractivity contribution >= 4 is 0 Å². The molecule has 0 aliphatic carbocycles. The van der Waals surface area contributed by atoms with Crippen molar-refractivity contribution in [2.45, 2.75) is 32.7 Å². The van der Waals surface area contributed by atoms with Crippen molar-refractivity contribution in [3.8, 4) is 5.82 Å². The standard InChI is InChI=1S/C14H20N4/c1-14(2,3)15-10-8-12-6-4-7-13(17-12)18-11-5-9-16-18/h4-7,9,11,15H,8,10H2,1-3H3. The molecule has 0 bridgehead atoms. The molecule has 0 atom stereocenters. The van der Waals surface area contributed by atoms with E-state index in [1.807, 2.05) is 24.4 Å². The van der Waals surface area contributed by atoms with Crippen molar-refractivity contribution < 1.29 is 0 Å². The summed E-state index contributed by atoms with van der Waals surface area (Å²) in [5.74, 6) is 0.869. The molecule has 96 valence electrons. The van der Waals surface area contributed by atoms with Gasteiger partial charge in [0.15, 0.2) is 5.82 Å². The third kappa shape index (κ3) is 3.67. The van der Waals surface area contributed by atoms with Crippen LogP contribution in [-0.2, 0) is 6.42 Å². The van der Waals surface area contributed by atoms with Gasteiger partial charge in [0.05, 0.1) is 0 Å². The molecule has 0 spiro atoms. The van der Waals surface area contributed by atoms with Crippen molar-refractivity contribution in [2.24, 2.45) is 0 Å². The molecule has 0 unspecified atom stereocenters. The van der Waals surface area contributed by atoms with Crippen molar-refractivity contribution in [3.63, 3.8) is 0 Å². The van der Waals surface area contributed by atoms with E-state index in [9.17, 15) is 0 Å². The molecule has 2 aromatic heterocycles. The fourth-order valence-corrected chi connectivity index (χ4v) is 1.70. The lowest BCUT2D eigenvalue weighted by Gasteiger charge is -2.20. The molecule has 0 aliphatic rings. The minimum absolute atomic E-state index is 0.152. The van der Waals surface area contributed by atoms with Crippen LogP contribution in [0.1, 0.15) is 26.5 Å². The number of rotatable bonds is 4. The van der Waals surface area contributed by atoms with Gasteiger partial charge in [-0.3, -0.25) is 0 Å². The summed E-state index contributed by atoms with van der Waals surface area (Å²) < 4.78 is 1.78. The van der Waals surface area contributed by atoms with E-state index in [4.69, 9.17) is 0 Å². The molecule has 0 radical (unpaired) electrons. The Morgan fingerprint density at radius 1 is 1.22 bits per heavy atom. The Labute approximate surface area is 108 Å². The van der Waals surface area contributed by atoms with Crippen LogP contribution in [0.15, 0.2) is 36.7 Å². The van der Waals surface area contributed by atoms with Crippen molar-refractivity contribution in [2.75, 3.05) is 6.54 Å². The molecule has 0 aliphatic heterocycles. The number of aromatic nitrogens is 3. The predicted molar refractivity (Wildman–Crippen MR) is 72.8 cm³/mol. The van der Waals surface area contributed by atoms with E-state index in [2.05, 4.69) is 42.2 Å². The minimum Gasteiger partial charge on any atom is -0.312 e. The SMILES string of the molecule is CC(C)(C)NCCc1cccc(-n2cccn2)n1. The maximum atomic E-state index is 4.60. The van der Waals surface area contributed by atoms with Gasteiger partial charge in [-0.1, -0.05) is 6.07 Å². The van der Waals surface area contributed by atoms with Crippen LogP contribution in [0.2, 0.25) is 0 Å². The molecule has 0 amide bonds. The van der Waals surface area contributed by atoms with Gasteiger partial charge in [0.2, 0.25) is 0 Å². The first-order chi connectivity index (χ1) is 8.54. The van der Waals surface area contributed by atoms with Crippen LogP contribution in [0.5, 0.6) is 0 Å². The Morgan fingerprint density at radius 3 is 2.72 bits per heavy atom. The van der Waals surface area contributed by atoms with Gasteiger partial charge in [0.25, 0.3) is 0 Å². The second-order valence-corrected chi connectivity index (χ2v) is 5.36. The Balaban J connectivity index is 2.00. The molecule has 4 heteroatoms. The molecular formula is C14H20N4. The van der Waals surface area contributed by atoms with Crippen LogP contribution in [0, 0.1) is 0 Å². The Morgan fingerprint density at radius 2 is 2.06 bits per heavy atom. The predicted octanol–water partition coefficient (Wildman–Crippen LogP) is 2.20. The zero-order valence-corrected chi connectivity index (χ0v) is 11.2. The van der Waals surface area contributed by atoms with Crippen LogP contribution < -0.4 is 5.32 Å². The fraction of sp³-hybridized carbons (Fsp3) is 0.429. The van der Waals surface area contributed by atoms with Gasteiger partial charge < -0.3 is 5.32 Å². The van der Waals surface area contributed by atoms with Crippen molar-refractivity contribution in [1.29, 1.82) is 0 Å². The van der Waals surface area contributed by atoms with E-state index in [-0.39, 0.29) is 5.54 Å². The van der Waals surface area contributed by atoms with Gasteiger partial charge >= 0.3 is 0 Å². The zero-order valence-electron chi connectivity index (χ0n) is 11.2. The van der Waals surface area contributed by atoms with Gasteiger partial charge in [0.1, 0.15) is 0 Å². The van der Waals surface area contributed by atoms with E-state index < -0.39 is 0 Å². The lowest BCUT2D eigenvalue weighted by molar-refractivity contribution is 0.428. The average molecular weight is 244 g/mol. The number of nitrogens with zero attached hydrogens (tertiary/aromatic N) is 3. The van der Waals surface area contributed by atoms with Gasteiger partial charge in [-0.15, -0.1) is 0 Å². The molecule has 0 saturated carbocycles. The van der Waals surface area contributed by atoms with E-state index in [0.717, 1.165) is 24.5 Å². The van der Waals surface area contributed by atoms with Gasteiger partial charge in [-0.2, -0.15) is 5.10 Å². The minimum atomic E-state index is 0.152. The molecule has 0 fully saturated rings. The van der Waals surface area contributed by atoms with E-state index in [0.29, 0.717) is 0 Å². The Kier molecular flexibility index (Phi) is 3.77. The highest BCUT2D eigenvalue weighted by Crippen LogP contribution is 2.05. The molecule has 0 aromatic carbocycles. The number of nitrogens with one attached hydrogen (secondary N) is 1. The molecule has 2 aromatic rings. The smallest absolute Gasteiger partial charge is 0.153 e. The van der Waals surface area contributed by atoms with E-state index in [1.54, 1.807) is 10.9 Å². The van der Waals surface area contributed by atoms with Crippen LogP contribution in [0.4, 0.5) is 0 Å². The quantitative estimate of drug-likeness (QED) is 0.896. The van der Waals surface area contributed by atoms with E-state index >= 15 is 0 Å². The molecule has 4 nitrogen and oxygen atoms in total. The summed E-state index contributed by atoms with van der Waals surface area (Å²) in [4.78, 5) is 4.60. The number of pyridine rings is 1.